The largest absolute Gasteiger partial charge is 0.507 e. The van der Waals surface area contributed by atoms with E-state index in [0.29, 0.717) is 10.5 Å². The van der Waals surface area contributed by atoms with E-state index in [-0.39, 0.29) is 11.5 Å². The summed E-state index contributed by atoms with van der Waals surface area (Å²) in [6, 6.07) is 10.1. The molecule has 0 spiro atoms. The maximum Gasteiger partial charge on any atom is 0.129 e. The van der Waals surface area contributed by atoms with Crippen LogP contribution in [0.3, 0.4) is 0 Å². The topological polar surface area (TPSA) is 20.2 Å². The zero-order chi connectivity index (χ0) is 12.3. The van der Waals surface area contributed by atoms with Gasteiger partial charge in [0.25, 0.3) is 0 Å². The second-order valence-corrected chi connectivity index (χ2v) is 4.51. The van der Waals surface area contributed by atoms with E-state index in [1.54, 1.807) is 24.3 Å². The normalized spacial score (nSPS) is 10.5. The molecule has 0 heterocycles. The highest BCUT2D eigenvalue weighted by molar-refractivity contribution is 7.98. The van der Waals surface area contributed by atoms with Crippen LogP contribution in [0.4, 0.5) is 8.78 Å². The maximum absolute atomic E-state index is 13.3. The Hall–Kier alpha value is -1.55. The molecule has 2 rings (SSSR count). The molecular weight excluding hydrogens is 242 g/mol. The van der Waals surface area contributed by atoms with Crippen LogP contribution in [0.25, 0.3) is 0 Å². The Balaban J connectivity index is 2.12. The van der Waals surface area contributed by atoms with Crippen LogP contribution in [0.1, 0.15) is 5.56 Å². The molecule has 88 valence electrons. The van der Waals surface area contributed by atoms with Gasteiger partial charge in [-0.1, -0.05) is 12.1 Å². The number of para-hydroxylation sites is 1. The molecular formula is C13H10F2OS. The van der Waals surface area contributed by atoms with Gasteiger partial charge >= 0.3 is 0 Å². The van der Waals surface area contributed by atoms with Crippen molar-refractivity contribution >= 4 is 11.8 Å². The molecule has 0 aliphatic rings. The fourth-order valence-corrected chi connectivity index (χ4v) is 2.31. The second kappa shape index (κ2) is 5.19. The predicted octanol–water partition coefficient (Wildman–Crippen LogP) is 3.96. The first kappa shape index (κ1) is 11.9. The van der Waals surface area contributed by atoms with Crippen LogP contribution in [-0.4, -0.2) is 5.11 Å². The lowest BCUT2D eigenvalue weighted by atomic mass is 10.2. The summed E-state index contributed by atoms with van der Waals surface area (Å²) in [7, 11) is 0. The van der Waals surface area contributed by atoms with E-state index >= 15 is 0 Å². The van der Waals surface area contributed by atoms with Crippen molar-refractivity contribution in [1.29, 1.82) is 0 Å². The zero-order valence-electron chi connectivity index (χ0n) is 8.86. The molecule has 4 heteroatoms. The molecule has 2 aromatic rings. The lowest BCUT2D eigenvalue weighted by Crippen LogP contribution is -1.89. The summed E-state index contributed by atoms with van der Waals surface area (Å²) in [6.07, 6.45) is 0. The molecule has 0 radical (unpaired) electrons. The SMILES string of the molecule is Oc1ccccc1SCc1cc(F)ccc1F. The molecule has 2 aromatic carbocycles. The number of rotatable bonds is 3. The first-order valence-electron chi connectivity index (χ1n) is 5.01. The third-order valence-corrected chi connectivity index (χ3v) is 3.37. The van der Waals surface area contributed by atoms with Crippen molar-refractivity contribution < 1.29 is 13.9 Å². The molecule has 0 aromatic heterocycles. The summed E-state index contributed by atoms with van der Waals surface area (Å²) in [6.45, 7) is 0. The van der Waals surface area contributed by atoms with Gasteiger partial charge in [0.2, 0.25) is 0 Å². The van der Waals surface area contributed by atoms with Gasteiger partial charge in [-0.05, 0) is 30.3 Å². The van der Waals surface area contributed by atoms with E-state index < -0.39 is 11.6 Å². The maximum atomic E-state index is 13.3. The Morgan fingerprint density at radius 2 is 1.82 bits per heavy atom. The molecule has 0 aliphatic carbocycles. The van der Waals surface area contributed by atoms with Crippen LogP contribution < -0.4 is 0 Å². The van der Waals surface area contributed by atoms with Crippen LogP contribution in [0.5, 0.6) is 5.75 Å². The molecule has 0 amide bonds. The molecule has 17 heavy (non-hydrogen) atoms. The van der Waals surface area contributed by atoms with Crippen LogP contribution in [0.2, 0.25) is 0 Å². The summed E-state index contributed by atoms with van der Waals surface area (Å²) in [5.74, 6) is -0.468. The Labute approximate surface area is 102 Å². The standard InChI is InChI=1S/C13H10F2OS/c14-10-5-6-11(15)9(7-10)8-17-13-4-2-1-3-12(13)16/h1-7,16H,8H2. The average Bonchev–Trinajstić information content (AvgIpc) is 2.32. The number of hydrogen-bond donors (Lipinski definition) is 1. The van der Waals surface area contributed by atoms with Crippen LogP contribution >= 0.6 is 11.8 Å². The van der Waals surface area contributed by atoms with E-state index in [1.807, 2.05) is 0 Å². The summed E-state index contributed by atoms with van der Waals surface area (Å²) >= 11 is 1.27. The van der Waals surface area contributed by atoms with Gasteiger partial charge in [0.05, 0.1) is 0 Å². The molecule has 0 aliphatic heterocycles. The minimum Gasteiger partial charge on any atom is -0.507 e. The van der Waals surface area contributed by atoms with Crippen molar-refractivity contribution in [3.63, 3.8) is 0 Å². The zero-order valence-corrected chi connectivity index (χ0v) is 9.68. The molecule has 1 N–H and O–H groups in total. The number of thioether (sulfide) groups is 1. The van der Waals surface area contributed by atoms with Crippen LogP contribution in [-0.2, 0) is 5.75 Å². The Morgan fingerprint density at radius 1 is 1.06 bits per heavy atom. The molecule has 0 saturated carbocycles. The van der Waals surface area contributed by atoms with E-state index in [0.717, 1.165) is 12.1 Å². The monoisotopic (exact) mass is 252 g/mol. The van der Waals surface area contributed by atoms with Gasteiger partial charge in [0, 0.05) is 16.2 Å². The fourth-order valence-electron chi connectivity index (χ4n) is 1.39. The number of hydrogen-bond acceptors (Lipinski definition) is 2. The van der Waals surface area contributed by atoms with Crippen molar-refractivity contribution in [2.75, 3.05) is 0 Å². The minimum absolute atomic E-state index is 0.148. The molecule has 0 atom stereocenters. The Bertz CT molecular complexity index is 529. The Morgan fingerprint density at radius 3 is 2.59 bits per heavy atom. The molecule has 0 unspecified atom stereocenters. The van der Waals surface area contributed by atoms with E-state index in [9.17, 15) is 13.9 Å². The van der Waals surface area contributed by atoms with Gasteiger partial charge in [0.15, 0.2) is 0 Å². The van der Waals surface area contributed by atoms with Gasteiger partial charge < -0.3 is 5.11 Å². The predicted molar refractivity (Wildman–Crippen MR) is 64.0 cm³/mol. The number of aromatic hydroxyl groups is 1. The van der Waals surface area contributed by atoms with Crippen molar-refractivity contribution in [3.05, 3.63) is 59.7 Å². The highest BCUT2D eigenvalue weighted by Crippen LogP contribution is 2.31. The van der Waals surface area contributed by atoms with Gasteiger partial charge in [-0.2, -0.15) is 0 Å². The first-order chi connectivity index (χ1) is 8.16. The summed E-state index contributed by atoms with van der Waals surface area (Å²) in [5, 5.41) is 9.52. The lowest BCUT2D eigenvalue weighted by molar-refractivity contribution is 0.462. The Kier molecular flexibility index (Phi) is 3.64. The molecule has 0 fully saturated rings. The number of halogens is 2. The molecule has 0 bridgehead atoms. The first-order valence-corrected chi connectivity index (χ1v) is 6.00. The van der Waals surface area contributed by atoms with Gasteiger partial charge in [0.1, 0.15) is 17.4 Å². The third-order valence-electron chi connectivity index (χ3n) is 2.26. The third kappa shape index (κ3) is 2.97. The van der Waals surface area contributed by atoms with E-state index in [2.05, 4.69) is 0 Å². The van der Waals surface area contributed by atoms with Crippen molar-refractivity contribution in [2.45, 2.75) is 10.6 Å². The fraction of sp³-hybridized carbons (Fsp3) is 0.0769. The smallest absolute Gasteiger partial charge is 0.129 e. The molecule has 0 saturated heterocycles. The quantitative estimate of drug-likeness (QED) is 0.834. The second-order valence-electron chi connectivity index (χ2n) is 3.49. The summed E-state index contributed by atoms with van der Waals surface area (Å²) in [5.41, 5.74) is 0.290. The summed E-state index contributed by atoms with van der Waals surface area (Å²) in [4.78, 5) is 0.649. The van der Waals surface area contributed by atoms with Crippen LogP contribution in [0, 0.1) is 11.6 Å². The number of phenols is 1. The van der Waals surface area contributed by atoms with Crippen molar-refractivity contribution in [3.8, 4) is 5.75 Å². The lowest BCUT2D eigenvalue weighted by Gasteiger charge is -2.05. The minimum atomic E-state index is -0.459. The van der Waals surface area contributed by atoms with Gasteiger partial charge in [-0.3, -0.25) is 0 Å². The van der Waals surface area contributed by atoms with E-state index in [4.69, 9.17) is 0 Å². The molecule has 1 nitrogen and oxygen atoms in total. The number of phenolic OH excluding ortho intramolecular Hbond substituents is 1. The highest BCUT2D eigenvalue weighted by atomic mass is 32.2. The van der Waals surface area contributed by atoms with Crippen LogP contribution in [0.15, 0.2) is 47.4 Å². The van der Waals surface area contributed by atoms with Crippen molar-refractivity contribution in [2.24, 2.45) is 0 Å². The van der Waals surface area contributed by atoms with Gasteiger partial charge in [-0.15, -0.1) is 11.8 Å². The average molecular weight is 252 g/mol. The number of benzene rings is 2. The highest BCUT2D eigenvalue weighted by Gasteiger charge is 2.06. The van der Waals surface area contributed by atoms with Gasteiger partial charge in [-0.25, -0.2) is 8.78 Å². The van der Waals surface area contributed by atoms with E-state index in [1.165, 1.54) is 17.8 Å². The summed E-state index contributed by atoms with van der Waals surface area (Å²) < 4.78 is 26.3. The van der Waals surface area contributed by atoms with Crippen molar-refractivity contribution in [1.82, 2.24) is 0 Å².